The number of nitrogens with one attached hydrogen (secondary N) is 1. The van der Waals surface area contributed by atoms with Crippen LogP contribution in [0.25, 0.3) is 0 Å². The topological polar surface area (TPSA) is 98.7 Å². The molecule has 1 N–H and O–H groups in total. The molecule has 0 radical (unpaired) electrons. The highest BCUT2D eigenvalue weighted by Crippen LogP contribution is 2.34. The number of rotatable bonds is 6. The van der Waals surface area contributed by atoms with Gasteiger partial charge in [0, 0.05) is 62.2 Å². The number of imide groups is 1. The summed E-state index contributed by atoms with van der Waals surface area (Å²) in [7, 11) is 0. The van der Waals surface area contributed by atoms with Crippen molar-refractivity contribution in [2.45, 2.75) is 69.5 Å². The molecule has 5 heterocycles. The van der Waals surface area contributed by atoms with E-state index in [0.717, 1.165) is 69.8 Å². The number of fused-ring (bicyclic) bond motifs is 1. The number of benzene rings is 2. The van der Waals surface area contributed by atoms with Gasteiger partial charge in [-0.25, -0.2) is 9.97 Å². The van der Waals surface area contributed by atoms with E-state index in [2.05, 4.69) is 61.5 Å². The Labute approximate surface area is 262 Å². The Bertz CT molecular complexity index is 1550. The van der Waals surface area contributed by atoms with Crippen molar-refractivity contribution in [1.29, 1.82) is 0 Å². The van der Waals surface area contributed by atoms with Crippen LogP contribution in [0.4, 0.5) is 5.69 Å². The quantitative estimate of drug-likeness (QED) is 0.405. The second-order valence-corrected chi connectivity index (χ2v) is 13.0. The summed E-state index contributed by atoms with van der Waals surface area (Å²) in [5.74, 6) is 1.00. The van der Waals surface area contributed by atoms with Gasteiger partial charge in [0.25, 0.3) is 5.91 Å². The van der Waals surface area contributed by atoms with Gasteiger partial charge in [-0.05, 0) is 86.0 Å². The van der Waals surface area contributed by atoms with E-state index in [4.69, 9.17) is 11.6 Å². The molecule has 4 aliphatic rings. The minimum absolute atomic E-state index is 0.112. The lowest BCUT2D eigenvalue weighted by molar-refractivity contribution is -0.136. The number of carbonyl (C=O) groups excluding carboxylic acids is 3. The summed E-state index contributed by atoms with van der Waals surface area (Å²) >= 11 is 5.95. The summed E-state index contributed by atoms with van der Waals surface area (Å²) in [4.78, 5) is 52.5. The summed E-state index contributed by atoms with van der Waals surface area (Å²) in [6.07, 6.45) is 8.26. The van der Waals surface area contributed by atoms with Crippen molar-refractivity contribution < 1.29 is 14.4 Å². The number of carbonyl (C=O) groups is 3. The highest BCUT2D eigenvalue weighted by molar-refractivity contribution is 6.30. The number of hydrogen-bond acceptors (Lipinski definition) is 7. The largest absolute Gasteiger partial charge is 0.371 e. The fraction of sp³-hybridized carbons (Fsp3) is 0.441. The molecule has 44 heavy (non-hydrogen) atoms. The van der Waals surface area contributed by atoms with Gasteiger partial charge in [-0.3, -0.25) is 24.6 Å². The van der Waals surface area contributed by atoms with Gasteiger partial charge >= 0.3 is 0 Å². The summed E-state index contributed by atoms with van der Waals surface area (Å²) in [6.45, 7) is 5.43. The van der Waals surface area contributed by atoms with E-state index in [1.807, 2.05) is 6.07 Å². The van der Waals surface area contributed by atoms with Gasteiger partial charge in [-0.1, -0.05) is 35.9 Å². The molecule has 0 aliphatic carbocycles. The number of nitrogens with zero attached hydrogens (tertiary/aromatic N) is 5. The molecule has 228 valence electrons. The van der Waals surface area contributed by atoms with Crippen LogP contribution < -0.4 is 10.2 Å². The molecule has 0 saturated carbocycles. The van der Waals surface area contributed by atoms with Crippen molar-refractivity contribution in [3.63, 3.8) is 0 Å². The van der Waals surface area contributed by atoms with Gasteiger partial charge < -0.3 is 9.80 Å². The van der Waals surface area contributed by atoms with Gasteiger partial charge in [0.1, 0.15) is 11.9 Å². The zero-order valence-electron chi connectivity index (χ0n) is 24.8. The molecule has 2 aromatic carbocycles. The maximum Gasteiger partial charge on any atom is 0.255 e. The van der Waals surface area contributed by atoms with Gasteiger partial charge in [-0.15, -0.1) is 0 Å². The average Bonchev–Trinajstić information content (AvgIpc) is 3.37. The van der Waals surface area contributed by atoms with Crippen molar-refractivity contribution in [2.24, 2.45) is 0 Å². The molecular weight excluding hydrogens is 576 g/mol. The lowest BCUT2D eigenvalue weighted by atomic mass is 9.87. The van der Waals surface area contributed by atoms with Crippen molar-refractivity contribution in [3.8, 4) is 0 Å². The van der Waals surface area contributed by atoms with Gasteiger partial charge in [0.05, 0.1) is 5.02 Å². The predicted octanol–water partition coefficient (Wildman–Crippen LogP) is 4.65. The van der Waals surface area contributed by atoms with Crippen LogP contribution in [0.5, 0.6) is 0 Å². The Morgan fingerprint density at radius 3 is 2.25 bits per heavy atom. The van der Waals surface area contributed by atoms with Crippen LogP contribution in [0.1, 0.15) is 83.2 Å². The Kier molecular flexibility index (Phi) is 8.08. The molecule has 1 unspecified atom stereocenters. The molecule has 7 rings (SSSR count). The van der Waals surface area contributed by atoms with Crippen LogP contribution >= 0.6 is 11.6 Å². The van der Waals surface area contributed by atoms with Crippen LogP contribution in [0.15, 0.2) is 54.9 Å². The highest BCUT2D eigenvalue weighted by atomic mass is 35.5. The van der Waals surface area contributed by atoms with Crippen molar-refractivity contribution in [3.05, 3.63) is 88.0 Å². The monoisotopic (exact) mass is 612 g/mol. The summed E-state index contributed by atoms with van der Waals surface area (Å²) in [5, 5.41) is 2.96. The van der Waals surface area contributed by atoms with E-state index in [9.17, 15) is 14.4 Å². The first kappa shape index (κ1) is 28.9. The van der Waals surface area contributed by atoms with E-state index < -0.39 is 6.04 Å². The number of piperidine rings is 3. The number of likely N-dealkylation sites (tertiary alicyclic amines) is 1. The Morgan fingerprint density at radius 2 is 1.55 bits per heavy atom. The third-order valence-corrected chi connectivity index (χ3v) is 10.0. The van der Waals surface area contributed by atoms with Crippen LogP contribution in [-0.4, -0.2) is 69.7 Å². The first-order valence-electron chi connectivity index (χ1n) is 15.7. The second kappa shape index (κ2) is 12.3. The number of anilines is 1. The summed E-state index contributed by atoms with van der Waals surface area (Å²) in [5.41, 5.74) is 5.55. The van der Waals surface area contributed by atoms with E-state index in [1.54, 1.807) is 17.3 Å². The fourth-order valence-electron chi connectivity index (χ4n) is 7.27. The minimum atomic E-state index is -0.573. The molecule has 0 bridgehead atoms. The first-order chi connectivity index (χ1) is 21.4. The van der Waals surface area contributed by atoms with Gasteiger partial charge in [0.2, 0.25) is 11.8 Å². The molecule has 1 atom stereocenters. The molecule has 0 spiro atoms. The summed E-state index contributed by atoms with van der Waals surface area (Å²) in [6, 6.07) is 14.7. The zero-order chi connectivity index (χ0) is 30.2. The molecule has 1 aromatic heterocycles. The van der Waals surface area contributed by atoms with Crippen molar-refractivity contribution >= 4 is 35.0 Å². The number of amides is 3. The van der Waals surface area contributed by atoms with E-state index in [1.165, 1.54) is 16.8 Å². The molecule has 3 saturated heterocycles. The maximum atomic E-state index is 13.1. The van der Waals surface area contributed by atoms with E-state index in [-0.39, 0.29) is 24.1 Å². The molecule has 3 aromatic rings. The highest BCUT2D eigenvalue weighted by Gasteiger charge is 2.39. The molecule has 3 fully saturated rings. The maximum absolute atomic E-state index is 13.1. The van der Waals surface area contributed by atoms with Crippen LogP contribution in [0.3, 0.4) is 0 Å². The smallest absolute Gasteiger partial charge is 0.255 e. The fourth-order valence-corrected chi connectivity index (χ4v) is 7.37. The number of hydrogen-bond donors (Lipinski definition) is 1. The molecule has 9 nitrogen and oxygen atoms in total. The van der Waals surface area contributed by atoms with Crippen LogP contribution in [-0.2, 0) is 22.7 Å². The first-order valence-corrected chi connectivity index (χ1v) is 16.1. The number of halogens is 1. The third kappa shape index (κ3) is 5.95. The number of aromatic nitrogens is 2. The Hall–Kier alpha value is -3.82. The van der Waals surface area contributed by atoms with Gasteiger partial charge in [0.15, 0.2) is 0 Å². The van der Waals surface area contributed by atoms with Crippen LogP contribution in [0, 0.1) is 0 Å². The Morgan fingerprint density at radius 1 is 0.841 bits per heavy atom. The van der Waals surface area contributed by atoms with E-state index in [0.29, 0.717) is 35.4 Å². The molecule has 3 amide bonds. The average molecular weight is 613 g/mol. The lowest BCUT2D eigenvalue weighted by Gasteiger charge is -2.34. The van der Waals surface area contributed by atoms with E-state index >= 15 is 0 Å². The van der Waals surface area contributed by atoms with Crippen molar-refractivity contribution in [1.82, 2.24) is 25.1 Å². The molecular formula is C34H37ClN6O3. The zero-order valence-corrected chi connectivity index (χ0v) is 25.5. The lowest BCUT2D eigenvalue weighted by Crippen LogP contribution is -2.52. The van der Waals surface area contributed by atoms with Crippen molar-refractivity contribution in [2.75, 3.05) is 31.1 Å². The Balaban J connectivity index is 0.898. The van der Waals surface area contributed by atoms with Crippen LogP contribution in [0.2, 0.25) is 5.02 Å². The molecule has 4 aliphatic heterocycles. The molecule has 10 heteroatoms. The van der Waals surface area contributed by atoms with Gasteiger partial charge in [-0.2, -0.15) is 0 Å². The normalized spacial score (nSPS) is 21.9. The SMILES string of the molecule is O=C1CCC(N2Cc3cc(C4CCN(Cc5ccc(N6CCC(c7ncc(Cl)cn7)CC6)cc5)CC4)ccc3C2=O)C(=O)N1. The summed E-state index contributed by atoms with van der Waals surface area (Å²) < 4.78 is 0. The minimum Gasteiger partial charge on any atom is -0.371 e. The predicted molar refractivity (Wildman–Crippen MR) is 167 cm³/mol. The second-order valence-electron chi connectivity index (χ2n) is 12.6. The third-order valence-electron chi connectivity index (χ3n) is 9.81. The standard InChI is InChI=1S/C34H37ClN6O3/c35-27-18-36-32(37-19-27)24-11-15-40(16-12-24)28-4-1-22(2-5-28)20-39-13-9-23(10-14-39)25-3-6-29-26(17-25)21-41(34(29)44)30-7-8-31(42)38-33(30)43/h1-6,17-19,23-24,30H,7-16,20-21H2,(H,38,42,43).